The lowest BCUT2D eigenvalue weighted by molar-refractivity contribution is -0.118. The fraction of sp³-hybridized carbons (Fsp3) is 0.611. The third-order valence-electron chi connectivity index (χ3n) is 4.55. The highest BCUT2D eigenvalue weighted by Gasteiger charge is 2.17. The molecule has 0 aliphatic carbocycles. The summed E-state index contributed by atoms with van der Waals surface area (Å²) in [4.78, 5) is 14.1. The SMILES string of the molecule is CC(C)c1ccc(N(C)C(=O)CCC2CCNCC2)cc1. The molecule has 1 aliphatic rings. The number of hydrogen-bond donors (Lipinski definition) is 1. The van der Waals surface area contributed by atoms with Gasteiger partial charge in [-0.15, -0.1) is 0 Å². The largest absolute Gasteiger partial charge is 0.317 e. The highest BCUT2D eigenvalue weighted by Crippen LogP contribution is 2.22. The highest BCUT2D eigenvalue weighted by molar-refractivity contribution is 5.92. The number of nitrogens with one attached hydrogen (secondary N) is 1. The predicted molar refractivity (Wildman–Crippen MR) is 88.8 cm³/mol. The Balaban J connectivity index is 1.86. The van der Waals surface area contributed by atoms with Crippen molar-refractivity contribution in [2.24, 2.45) is 5.92 Å². The first-order chi connectivity index (χ1) is 10.1. The predicted octanol–water partition coefficient (Wildman–Crippen LogP) is 3.55. The van der Waals surface area contributed by atoms with Crippen LogP contribution >= 0.6 is 0 Å². The molecule has 0 spiro atoms. The van der Waals surface area contributed by atoms with Gasteiger partial charge in [0, 0.05) is 19.2 Å². The van der Waals surface area contributed by atoms with Gasteiger partial charge >= 0.3 is 0 Å². The molecule has 1 heterocycles. The Morgan fingerprint density at radius 2 is 1.86 bits per heavy atom. The van der Waals surface area contributed by atoms with Gasteiger partial charge in [0.1, 0.15) is 0 Å². The van der Waals surface area contributed by atoms with Crippen molar-refractivity contribution < 1.29 is 4.79 Å². The molecule has 0 bridgehead atoms. The van der Waals surface area contributed by atoms with Crippen molar-refractivity contribution in [1.82, 2.24) is 5.32 Å². The van der Waals surface area contributed by atoms with E-state index in [2.05, 4.69) is 43.4 Å². The minimum atomic E-state index is 0.228. The van der Waals surface area contributed by atoms with Crippen LogP contribution in [0.3, 0.4) is 0 Å². The van der Waals surface area contributed by atoms with Gasteiger partial charge in [0.05, 0.1) is 0 Å². The van der Waals surface area contributed by atoms with Crippen molar-refractivity contribution in [3.05, 3.63) is 29.8 Å². The smallest absolute Gasteiger partial charge is 0.226 e. The van der Waals surface area contributed by atoms with Crippen LogP contribution in [0, 0.1) is 5.92 Å². The first-order valence-corrected chi connectivity index (χ1v) is 8.15. The number of anilines is 1. The van der Waals surface area contributed by atoms with Crippen LogP contribution in [0.2, 0.25) is 0 Å². The number of benzene rings is 1. The highest BCUT2D eigenvalue weighted by atomic mass is 16.2. The van der Waals surface area contributed by atoms with Crippen molar-refractivity contribution in [3.63, 3.8) is 0 Å². The molecular weight excluding hydrogens is 260 g/mol. The lowest BCUT2D eigenvalue weighted by Gasteiger charge is -2.24. The van der Waals surface area contributed by atoms with Crippen LogP contribution in [-0.2, 0) is 4.79 Å². The number of rotatable bonds is 5. The summed E-state index contributed by atoms with van der Waals surface area (Å²) in [6.45, 7) is 6.57. The molecule has 1 fully saturated rings. The molecule has 2 rings (SSSR count). The zero-order chi connectivity index (χ0) is 15.2. The molecule has 116 valence electrons. The van der Waals surface area contributed by atoms with Crippen molar-refractivity contribution in [2.75, 3.05) is 25.0 Å². The molecule has 21 heavy (non-hydrogen) atoms. The molecule has 0 saturated carbocycles. The molecule has 0 radical (unpaired) electrons. The van der Waals surface area contributed by atoms with Gasteiger partial charge in [-0.1, -0.05) is 26.0 Å². The lowest BCUT2D eigenvalue weighted by atomic mass is 9.93. The van der Waals surface area contributed by atoms with Gasteiger partial charge in [-0.3, -0.25) is 4.79 Å². The Hall–Kier alpha value is -1.35. The molecule has 1 aromatic rings. The molecule has 0 atom stereocenters. The van der Waals surface area contributed by atoms with E-state index in [0.717, 1.165) is 25.2 Å². The molecule has 1 N–H and O–H groups in total. The Kier molecular flexibility index (Phi) is 5.80. The minimum Gasteiger partial charge on any atom is -0.317 e. The van der Waals surface area contributed by atoms with E-state index in [1.54, 1.807) is 4.90 Å². The summed E-state index contributed by atoms with van der Waals surface area (Å²) in [5.74, 6) is 1.47. The molecule has 0 aromatic heterocycles. The van der Waals surface area contributed by atoms with Gasteiger partial charge in [-0.05, 0) is 61.9 Å². The number of carbonyl (C=O) groups is 1. The Bertz CT molecular complexity index is 447. The summed E-state index contributed by atoms with van der Waals surface area (Å²) in [6, 6.07) is 8.35. The third kappa shape index (κ3) is 4.57. The Morgan fingerprint density at radius 1 is 1.24 bits per heavy atom. The molecule has 1 amide bonds. The fourth-order valence-electron chi connectivity index (χ4n) is 2.89. The third-order valence-corrected chi connectivity index (χ3v) is 4.55. The van der Waals surface area contributed by atoms with Crippen LogP contribution in [0.25, 0.3) is 0 Å². The van der Waals surface area contributed by atoms with Crippen molar-refractivity contribution in [3.8, 4) is 0 Å². The molecule has 3 heteroatoms. The van der Waals surface area contributed by atoms with E-state index in [1.807, 2.05) is 7.05 Å². The summed E-state index contributed by atoms with van der Waals surface area (Å²) in [5, 5.41) is 3.37. The van der Waals surface area contributed by atoms with Crippen LogP contribution in [0.4, 0.5) is 5.69 Å². The maximum atomic E-state index is 12.3. The second-order valence-corrected chi connectivity index (χ2v) is 6.43. The first kappa shape index (κ1) is 16.0. The Labute approximate surface area is 128 Å². The molecule has 3 nitrogen and oxygen atoms in total. The second-order valence-electron chi connectivity index (χ2n) is 6.43. The summed E-state index contributed by atoms with van der Waals surface area (Å²) in [7, 11) is 1.88. The van der Waals surface area contributed by atoms with E-state index in [4.69, 9.17) is 0 Å². The van der Waals surface area contributed by atoms with Gasteiger partial charge in [0.25, 0.3) is 0 Å². The minimum absolute atomic E-state index is 0.228. The molecule has 1 aromatic carbocycles. The molecule has 0 unspecified atom stereocenters. The van der Waals surface area contributed by atoms with Gasteiger partial charge in [-0.2, -0.15) is 0 Å². The number of piperidine rings is 1. The van der Waals surface area contributed by atoms with Gasteiger partial charge < -0.3 is 10.2 Å². The lowest BCUT2D eigenvalue weighted by Crippen LogP contribution is -2.30. The second kappa shape index (κ2) is 7.60. The average molecular weight is 288 g/mol. The normalized spacial score (nSPS) is 16.2. The molecule has 1 saturated heterocycles. The van der Waals surface area contributed by atoms with Crippen LogP contribution < -0.4 is 10.2 Å². The zero-order valence-corrected chi connectivity index (χ0v) is 13.6. The van der Waals surface area contributed by atoms with Gasteiger partial charge in [-0.25, -0.2) is 0 Å². The first-order valence-electron chi connectivity index (χ1n) is 8.15. The average Bonchev–Trinajstić information content (AvgIpc) is 2.53. The van der Waals surface area contributed by atoms with Crippen molar-refractivity contribution >= 4 is 11.6 Å². The Morgan fingerprint density at radius 3 is 2.43 bits per heavy atom. The van der Waals surface area contributed by atoms with Crippen LogP contribution in [0.15, 0.2) is 24.3 Å². The standard InChI is InChI=1S/C18H28N2O/c1-14(2)16-5-7-17(8-6-16)20(3)18(21)9-4-15-10-12-19-13-11-15/h5-8,14-15,19H,4,9-13H2,1-3H3. The molecular formula is C18H28N2O. The maximum absolute atomic E-state index is 12.3. The number of hydrogen-bond acceptors (Lipinski definition) is 2. The van der Waals surface area contributed by atoms with Crippen molar-refractivity contribution in [1.29, 1.82) is 0 Å². The summed E-state index contributed by atoms with van der Waals surface area (Å²) in [5.41, 5.74) is 2.31. The fourth-order valence-corrected chi connectivity index (χ4v) is 2.89. The number of carbonyl (C=O) groups excluding carboxylic acids is 1. The molecule has 1 aliphatic heterocycles. The van der Waals surface area contributed by atoms with E-state index in [0.29, 0.717) is 18.3 Å². The topological polar surface area (TPSA) is 32.3 Å². The monoisotopic (exact) mass is 288 g/mol. The maximum Gasteiger partial charge on any atom is 0.226 e. The van der Waals surface area contributed by atoms with Crippen LogP contribution in [0.1, 0.15) is 51.0 Å². The zero-order valence-electron chi connectivity index (χ0n) is 13.6. The van der Waals surface area contributed by atoms with E-state index in [1.165, 1.54) is 18.4 Å². The van der Waals surface area contributed by atoms with Crippen LogP contribution in [0.5, 0.6) is 0 Å². The number of amides is 1. The summed E-state index contributed by atoms with van der Waals surface area (Å²) >= 11 is 0. The van der Waals surface area contributed by atoms with Crippen molar-refractivity contribution in [2.45, 2.75) is 45.4 Å². The van der Waals surface area contributed by atoms with E-state index >= 15 is 0 Å². The number of nitrogens with zero attached hydrogens (tertiary/aromatic N) is 1. The van der Waals surface area contributed by atoms with Gasteiger partial charge in [0.15, 0.2) is 0 Å². The van der Waals surface area contributed by atoms with E-state index in [-0.39, 0.29) is 5.91 Å². The summed E-state index contributed by atoms with van der Waals surface area (Å²) in [6.07, 6.45) is 4.10. The van der Waals surface area contributed by atoms with Gasteiger partial charge in [0.2, 0.25) is 5.91 Å². The van der Waals surface area contributed by atoms with E-state index < -0.39 is 0 Å². The van der Waals surface area contributed by atoms with Crippen LogP contribution in [-0.4, -0.2) is 26.0 Å². The van der Waals surface area contributed by atoms with E-state index in [9.17, 15) is 4.79 Å². The summed E-state index contributed by atoms with van der Waals surface area (Å²) < 4.78 is 0. The quantitative estimate of drug-likeness (QED) is 0.898.